The van der Waals surface area contributed by atoms with Gasteiger partial charge in [0.15, 0.2) is 0 Å². The zero-order valence-electron chi connectivity index (χ0n) is 15.2. The third-order valence-corrected chi connectivity index (χ3v) is 7.03. The Bertz CT molecular complexity index is 890. The van der Waals surface area contributed by atoms with Gasteiger partial charge in [0.25, 0.3) is 0 Å². The predicted octanol–water partition coefficient (Wildman–Crippen LogP) is 4.97. The highest BCUT2D eigenvalue weighted by Crippen LogP contribution is 2.45. The molecule has 0 aliphatic carbocycles. The number of benzene rings is 1. The van der Waals surface area contributed by atoms with Crippen LogP contribution in [-0.2, 0) is 10.7 Å². The van der Waals surface area contributed by atoms with E-state index < -0.39 is 13.1 Å². The number of hydrogen-bond donors (Lipinski definition) is 1. The van der Waals surface area contributed by atoms with Crippen LogP contribution in [0.4, 0.5) is 0 Å². The predicted molar refractivity (Wildman–Crippen MR) is 106 cm³/mol. The molecule has 0 aliphatic heterocycles. The van der Waals surface area contributed by atoms with Crippen molar-refractivity contribution in [3.63, 3.8) is 0 Å². The van der Waals surface area contributed by atoms with Crippen molar-refractivity contribution in [2.24, 2.45) is 5.41 Å². The number of rotatable bonds is 4. The summed E-state index contributed by atoms with van der Waals surface area (Å²) in [6.45, 7) is 9.70. The smallest absolute Gasteiger partial charge is 0.346 e. The van der Waals surface area contributed by atoms with Crippen LogP contribution in [-0.4, -0.2) is 17.7 Å². The lowest BCUT2D eigenvalue weighted by Crippen LogP contribution is -2.07. The Labute approximate surface area is 153 Å². The first-order chi connectivity index (χ1) is 11.5. The Morgan fingerprint density at radius 3 is 2.36 bits per heavy atom. The molecule has 2 aromatic rings. The van der Waals surface area contributed by atoms with E-state index in [0.717, 1.165) is 22.2 Å². The molecular formula is C20H23O3PS. The van der Waals surface area contributed by atoms with Gasteiger partial charge in [-0.15, -0.1) is 11.3 Å². The average molecular weight is 374 g/mol. The Morgan fingerprint density at radius 2 is 1.84 bits per heavy atom. The van der Waals surface area contributed by atoms with Crippen LogP contribution >= 0.6 is 18.5 Å². The van der Waals surface area contributed by atoms with Gasteiger partial charge in [-0.3, -0.25) is 0 Å². The summed E-state index contributed by atoms with van der Waals surface area (Å²) in [6.07, 6.45) is 0.228. The molecule has 1 heterocycles. The van der Waals surface area contributed by atoms with Crippen molar-refractivity contribution in [3.05, 3.63) is 51.2 Å². The van der Waals surface area contributed by atoms with E-state index in [4.69, 9.17) is 0 Å². The van der Waals surface area contributed by atoms with Crippen LogP contribution in [0.5, 0.6) is 0 Å². The maximum Gasteiger partial charge on any atom is 0.346 e. The van der Waals surface area contributed by atoms with Gasteiger partial charge < -0.3 is 9.67 Å². The minimum absolute atomic E-state index is 0.157. The number of aryl methyl sites for hydroxylation is 1. The zero-order chi connectivity index (χ0) is 18.8. The highest BCUT2D eigenvalue weighted by Gasteiger charge is 2.24. The van der Waals surface area contributed by atoms with Crippen molar-refractivity contribution in [1.29, 1.82) is 0 Å². The number of carboxylic acid groups (broad SMARTS) is 1. The molecule has 0 radical (unpaired) electrons. The fourth-order valence-corrected chi connectivity index (χ4v) is 5.16. The maximum atomic E-state index is 13.2. The first kappa shape index (κ1) is 19.5. The van der Waals surface area contributed by atoms with E-state index in [1.165, 1.54) is 0 Å². The second-order valence-electron chi connectivity index (χ2n) is 7.36. The Kier molecular flexibility index (Phi) is 5.62. The summed E-state index contributed by atoms with van der Waals surface area (Å²) in [4.78, 5) is 12.5. The van der Waals surface area contributed by atoms with Crippen molar-refractivity contribution in [2.45, 2.75) is 33.9 Å². The van der Waals surface area contributed by atoms with Crippen LogP contribution in [0.2, 0.25) is 0 Å². The second-order valence-corrected chi connectivity index (χ2v) is 11.5. The maximum absolute atomic E-state index is 13.2. The Balaban J connectivity index is 2.39. The summed E-state index contributed by atoms with van der Waals surface area (Å²) in [5, 5.41) is 10.3. The molecule has 0 saturated heterocycles. The van der Waals surface area contributed by atoms with Crippen LogP contribution in [0, 0.1) is 24.2 Å². The molecule has 0 amide bonds. The lowest BCUT2D eigenvalue weighted by molar-refractivity contribution is 0.0701. The molecule has 2 rings (SSSR count). The van der Waals surface area contributed by atoms with E-state index in [-0.39, 0.29) is 16.5 Å². The summed E-state index contributed by atoms with van der Waals surface area (Å²) >= 11 is 1.15. The van der Waals surface area contributed by atoms with Gasteiger partial charge in [-0.2, -0.15) is 0 Å². The van der Waals surface area contributed by atoms with Crippen molar-refractivity contribution < 1.29 is 14.5 Å². The first-order valence-electron chi connectivity index (χ1n) is 8.01. The van der Waals surface area contributed by atoms with Gasteiger partial charge in [0.2, 0.25) is 0 Å². The number of aromatic carboxylic acids is 1. The topological polar surface area (TPSA) is 54.4 Å². The third-order valence-electron chi connectivity index (χ3n) is 3.62. The van der Waals surface area contributed by atoms with Crippen LogP contribution in [0.1, 0.15) is 46.4 Å². The summed E-state index contributed by atoms with van der Waals surface area (Å²) in [6, 6.07) is 9.36. The SMILES string of the molecule is Cc1ccc(P(C)(=O)Cc2cc(C#CC(C)(C)C)sc2C(=O)O)cc1. The summed E-state index contributed by atoms with van der Waals surface area (Å²) in [7, 11) is -2.70. The van der Waals surface area contributed by atoms with Gasteiger partial charge in [-0.1, -0.05) is 41.7 Å². The molecule has 0 spiro atoms. The van der Waals surface area contributed by atoms with Gasteiger partial charge in [-0.05, 0) is 46.0 Å². The molecule has 5 heteroatoms. The lowest BCUT2D eigenvalue weighted by Gasteiger charge is -2.13. The fourth-order valence-electron chi connectivity index (χ4n) is 2.31. The molecule has 1 N–H and O–H groups in total. The number of carbonyl (C=O) groups is 1. The van der Waals surface area contributed by atoms with E-state index >= 15 is 0 Å². The molecule has 0 fully saturated rings. The van der Waals surface area contributed by atoms with Crippen molar-refractivity contribution in [3.8, 4) is 11.8 Å². The first-order valence-corrected chi connectivity index (χ1v) is 11.2. The van der Waals surface area contributed by atoms with Gasteiger partial charge in [0, 0.05) is 16.9 Å². The molecule has 0 saturated carbocycles. The zero-order valence-corrected chi connectivity index (χ0v) is 16.9. The summed E-state index contributed by atoms with van der Waals surface area (Å²) < 4.78 is 13.2. The quantitative estimate of drug-likeness (QED) is 0.607. The molecule has 1 unspecified atom stereocenters. The molecule has 132 valence electrons. The van der Waals surface area contributed by atoms with Gasteiger partial charge >= 0.3 is 5.97 Å². The van der Waals surface area contributed by atoms with E-state index in [1.54, 1.807) is 12.7 Å². The van der Waals surface area contributed by atoms with Crippen LogP contribution < -0.4 is 5.30 Å². The highest BCUT2D eigenvalue weighted by atomic mass is 32.1. The molecular weight excluding hydrogens is 351 g/mol. The average Bonchev–Trinajstić information content (AvgIpc) is 2.87. The summed E-state index contributed by atoms with van der Waals surface area (Å²) in [5.74, 6) is 5.17. The minimum atomic E-state index is -2.70. The van der Waals surface area contributed by atoms with Crippen molar-refractivity contribution in [2.75, 3.05) is 6.66 Å². The van der Waals surface area contributed by atoms with E-state index in [0.29, 0.717) is 10.4 Å². The molecule has 1 atom stereocenters. The fraction of sp³-hybridized carbons (Fsp3) is 0.350. The molecule has 1 aromatic heterocycles. The third kappa shape index (κ3) is 5.33. The standard InChI is InChI=1S/C20H23O3PS/c1-14-6-8-16(9-7-14)24(5,23)13-15-12-17(10-11-20(2,3)4)25-18(15)19(21)22/h6-9,12H,13H2,1-5H3,(H,21,22). The van der Waals surface area contributed by atoms with Gasteiger partial charge in [-0.25, -0.2) is 4.79 Å². The van der Waals surface area contributed by atoms with E-state index in [2.05, 4.69) is 11.8 Å². The largest absolute Gasteiger partial charge is 0.477 e. The van der Waals surface area contributed by atoms with Crippen LogP contribution in [0.15, 0.2) is 30.3 Å². The monoisotopic (exact) mass is 374 g/mol. The molecule has 1 aromatic carbocycles. The minimum Gasteiger partial charge on any atom is -0.477 e. The Morgan fingerprint density at radius 1 is 1.24 bits per heavy atom. The number of hydrogen-bond acceptors (Lipinski definition) is 3. The normalized spacial score (nSPS) is 13.6. The van der Waals surface area contributed by atoms with Crippen molar-refractivity contribution >= 4 is 29.8 Å². The van der Waals surface area contributed by atoms with Gasteiger partial charge in [0.05, 0.1) is 4.88 Å². The second kappa shape index (κ2) is 7.20. The highest BCUT2D eigenvalue weighted by molar-refractivity contribution is 7.70. The van der Waals surface area contributed by atoms with E-state index in [1.807, 2.05) is 52.0 Å². The lowest BCUT2D eigenvalue weighted by atomic mass is 9.98. The van der Waals surface area contributed by atoms with Crippen LogP contribution in [0.3, 0.4) is 0 Å². The van der Waals surface area contributed by atoms with E-state index in [9.17, 15) is 14.5 Å². The number of carboxylic acids is 1. The summed E-state index contributed by atoms with van der Waals surface area (Å²) in [5.41, 5.74) is 1.54. The molecule has 25 heavy (non-hydrogen) atoms. The molecule has 0 bridgehead atoms. The van der Waals surface area contributed by atoms with Crippen LogP contribution in [0.25, 0.3) is 0 Å². The molecule has 0 aliphatic rings. The molecule has 3 nitrogen and oxygen atoms in total. The van der Waals surface area contributed by atoms with Gasteiger partial charge in [0.1, 0.15) is 12.0 Å². The van der Waals surface area contributed by atoms with Crippen molar-refractivity contribution in [1.82, 2.24) is 0 Å². The Hall–Kier alpha value is -1.82. The number of thiophene rings is 1.